The number of aryl methyl sites for hydroxylation is 1. The van der Waals surface area contributed by atoms with Crippen LogP contribution in [0.1, 0.15) is 24.0 Å². The van der Waals surface area contributed by atoms with E-state index in [1.807, 2.05) is 12.1 Å². The van der Waals surface area contributed by atoms with E-state index in [0.717, 1.165) is 12.8 Å². The van der Waals surface area contributed by atoms with Gasteiger partial charge in [-0.25, -0.2) is 0 Å². The zero-order valence-electron chi connectivity index (χ0n) is 15.6. The van der Waals surface area contributed by atoms with Crippen LogP contribution in [0.2, 0.25) is 0 Å². The molecule has 7 nitrogen and oxygen atoms in total. The van der Waals surface area contributed by atoms with Crippen LogP contribution in [0.5, 0.6) is 0 Å². The van der Waals surface area contributed by atoms with Crippen LogP contribution in [0.3, 0.4) is 0 Å². The van der Waals surface area contributed by atoms with Crippen molar-refractivity contribution in [3.63, 3.8) is 0 Å². The molecule has 2 atom stereocenters. The van der Waals surface area contributed by atoms with Gasteiger partial charge in [0.05, 0.1) is 23.9 Å². The molecule has 1 aliphatic carbocycles. The summed E-state index contributed by atoms with van der Waals surface area (Å²) in [4.78, 5) is 26.1. The van der Waals surface area contributed by atoms with E-state index < -0.39 is 18.1 Å². The molecule has 2 aromatic rings. The van der Waals surface area contributed by atoms with E-state index in [2.05, 4.69) is 22.5 Å². The van der Waals surface area contributed by atoms with Gasteiger partial charge in [-0.15, -0.1) is 0 Å². The van der Waals surface area contributed by atoms with E-state index in [-0.39, 0.29) is 41.5 Å². The Morgan fingerprint density at radius 2 is 1.78 bits per heavy atom. The molecule has 2 aliphatic rings. The second-order valence-corrected chi connectivity index (χ2v) is 7.09. The van der Waals surface area contributed by atoms with Gasteiger partial charge in [0.2, 0.25) is 5.91 Å². The Kier molecular flexibility index (Phi) is 5.93. The fourth-order valence-corrected chi connectivity index (χ4v) is 4.16. The number of carboxylic acids is 1. The summed E-state index contributed by atoms with van der Waals surface area (Å²) in [6.07, 6.45) is 5.82. The van der Waals surface area contributed by atoms with Gasteiger partial charge in [-0.2, -0.15) is 5.10 Å². The number of nitrogens with one attached hydrogen (secondary N) is 1. The van der Waals surface area contributed by atoms with Crippen molar-refractivity contribution in [2.75, 3.05) is 4.90 Å². The van der Waals surface area contributed by atoms with E-state index in [1.165, 1.54) is 11.1 Å². The van der Waals surface area contributed by atoms with E-state index in [1.54, 1.807) is 29.0 Å². The molecule has 1 fully saturated rings. The number of carbonyl (C=O) groups is 2. The second kappa shape index (κ2) is 8.04. The standard InChI is InChI=1S/C19H22N4O3.Na/c1-22-11-15(10-20-22)23-16(6-7-17(23)19(25)26)18(24)21-14-8-12-4-2-3-5-13(12)9-14;/h2-5,10-11,14,16-17H,6-9H2,1H3,(H,21,24)(H,25,26);/q;+1/p-1. The number of rotatable bonds is 4. The molecule has 8 heteroatoms. The van der Waals surface area contributed by atoms with Gasteiger partial charge in [0.25, 0.3) is 0 Å². The Hall–Kier alpha value is -1.83. The molecule has 0 saturated carbocycles. The Morgan fingerprint density at radius 3 is 2.33 bits per heavy atom. The molecule has 1 N–H and O–H groups in total. The topological polar surface area (TPSA) is 90.3 Å². The molecule has 1 amide bonds. The van der Waals surface area contributed by atoms with Gasteiger partial charge >= 0.3 is 29.6 Å². The minimum atomic E-state index is -1.16. The first-order valence-corrected chi connectivity index (χ1v) is 8.88. The van der Waals surface area contributed by atoms with Crippen LogP contribution >= 0.6 is 0 Å². The first kappa shape index (κ1) is 19.9. The zero-order valence-corrected chi connectivity index (χ0v) is 17.6. The van der Waals surface area contributed by atoms with Crippen molar-refractivity contribution in [3.8, 4) is 0 Å². The monoisotopic (exact) mass is 376 g/mol. The first-order chi connectivity index (χ1) is 12.5. The normalized spacial score (nSPS) is 21.6. The number of carboxylic acid groups (broad SMARTS) is 1. The van der Waals surface area contributed by atoms with Crippen molar-refractivity contribution in [3.05, 3.63) is 47.8 Å². The number of fused-ring (bicyclic) bond motifs is 1. The summed E-state index contributed by atoms with van der Waals surface area (Å²) >= 11 is 0. The van der Waals surface area contributed by atoms with Gasteiger partial charge in [-0.05, 0) is 36.8 Å². The van der Waals surface area contributed by atoms with Gasteiger partial charge in [-0.3, -0.25) is 9.48 Å². The summed E-state index contributed by atoms with van der Waals surface area (Å²) in [6.45, 7) is 0. The van der Waals surface area contributed by atoms with Crippen molar-refractivity contribution in [1.82, 2.24) is 15.1 Å². The van der Waals surface area contributed by atoms with Crippen LogP contribution in [-0.2, 0) is 29.5 Å². The average Bonchev–Trinajstić information content (AvgIpc) is 3.30. The Bertz CT molecular complexity index is 828. The number of hydrogen-bond donors (Lipinski definition) is 1. The number of benzene rings is 1. The molecule has 27 heavy (non-hydrogen) atoms. The number of amides is 1. The van der Waals surface area contributed by atoms with Crippen molar-refractivity contribution in [1.29, 1.82) is 0 Å². The number of anilines is 1. The van der Waals surface area contributed by atoms with Crippen LogP contribution in [-0.4, -0.2) is 39.8 Å². The number of aliphatic carboxylic acids is 1. The molecule has 1 aromatic heterocycles. The minimum Gasteiger partial charge on any atom is -0.548 e. The first-order valence-electron chi connectivity index (χ1n) is 8.88. The van der Waals surface area contributed by atoms with Crippen LogP contribution in [0, 0.1) is 0 Å². The van der Waals surface area contributed by atoms with E-state index >= 15 is 0 Å². The Balaban J connectivity index is 0.00000210. The maximum Gasteiger partial charge on any atom is 1.00 e. The largest absolute Gasteiger partial charge is 1.00 e. The summed E-state index contributed by atoms with van der Waals surface area (Å²) in [5.41, 5.74) is 3.16. The van der Waals surface area contributed by atoms with Gasteiger partial charge in [-0.1, -0.05) is 24.3 Å². The Morgan fingerprint density at radius 1 is 1.15 bits per heavy atom. The fourth-order valence-electron chi connectivity index (χ4n) is 4.16. The van der Waals surface area contributed by atoms with Crippen LogP contribution in [0.15, 0.2) is 36.7 Å². The van der Waals surface area contributed by atoms with Crippen LogP contribution in [0.4, 0.5) is 5.69 Å². The number of carbonyl (C=O) groups excluding carboxylic acids is 2. The van der Waals surface area contributed by atoms with E-state index in [0.29, 0.717) is 18.5 Å². The summed E-state index contributed by atoms with van der Waals surface area (Å²) in [7, 11) is 1.76. The predicted octanol–water partition coefficient (Wildman–Crippen LogP) is -3.20. The second-order valence-electron chi connectivity index (χ2n) is 7.09. The summed E-state index contributed by atoms with van der Waals surface area (Å²) in [6, 6.07) is 6.92. The summed E-state index contributed by atoms with van der Waals surface area (Å²) < 4.78 is 1.60. The molecule has 0 radical (unpaired) electrons. The fraction of sp³-hybridized carbons (Fsp3) is 0.421. The third kappa shape index (κ3) is 3.90. The molecule has 0 spiro atoms. The molecule has 136 valence electrons. The van der Waals surface area contributed by atoms with Crippen molar-refractivity contribution in [2.24, 2.45) is 7.05 Å². The summed E-state index contributed by atoms with van der Waals surface area (Å²) in [5, 5.41) is 18.8. The molecule has 2 heterocycles. The molecule has 1 aromatic carbocycles. The van der Waals surface area contributed by atoms with E-state index in [9.17, 15) is 14.7 Å². The smallest absolute Gasteiger partial charge is 0.548 e. The van der Waals surface area contributed by atoms with Crippen molar-refractivity contribution in [2.45, 2.75) is 43.8 Å². The van der Waals surface area contributed by atoms with Gasteiger partial charge in [0, 0.05) is 19.3 Å². The SMILES string of the molecule is Cn1cc(N2C(C(=O)[O-])CCC2C(=O)NC2Cc3ccccc3C2)cn1.[Na+]. The molecule has 1 aliphatic heterocycles. The molecular weight excluding hydrogens is 355 g/mol. The third-order valence-corrected chi connectivity index (χ3v) is 5.35. The maximum atomic E-state index is 12.9. The van der Waals surface area contributed by atoms with Crippen molar-refractivity contribution >= 4 is 17.6 Å². The number of aromatic nitrogens is 2. The predicted molar refractivity (Wildman–Crippen MR) is 93.3 cm³/mol. The molecule has 4 rings (SSSR count). The Labute approximate surface area is 180 Å². The van der Waals surface area contributed by atoms with Gasteiger partial charge in [0.15, 0.2) is 0 Å². The van der Waals surface area contributed by atoms with Gasteiger partial charge < -0.3 is 20.1 Å². The zero-order chi connectivity index (χ0) is 18.3. The van der Waals surface area contributed by atoms with Crippen LogP contribution in [0.25, 0.3) is 0 Å². The molecule has 2 unspecified atom stereocenters. The third-order valence-electron chi connectivity index (χ3n) is 5.35. The molecule has 1 saturated heterocycles. The van der Waals surface area contributed by atoms with Gasteiger partial charge in [0.1, 0.15) is 6.04 Å². The summed E-state index contributed by atoms with van der Waals surface area (Å²) in [5.74, 6) is -1.28. The number of hydrogen-bond acceptors (Lipinski definition) is 5. The van der Waals surface area contributed by atoms with E-state index in [4.69, 9.17) is 0 Å². The molecular formula is C19H21N4NaO3. The van der Waals surface area contributed by atoms with Crippen molar-refractivity contribution < 1.29 is 44.3 Å². The van der Waals surface area contributed by atoms with Crippen LogP contribution < -0.4 is 44.9 Å². The average molecular weight is 376 g/mol. The molecule has 0 bridgehead atoms. The maximum absolute atomic E-state index is 12.9. The minimum absolute atomic E-state index is 0. The quantitative estimate of drug-likeness (QED) is 0.568. The number of nitrogens with zero attached hydrogens (tertiary/aromatic N) is 3.